The predicted molar refractivity (Wildman–Crippen MR) is 86.9 cm³/mol. The van der Waals surface area contributed by atoms with Crippen molar-refractivity contribution < 1.29 is 4.39 Å². The van der Waals surface area contributed by atoms with Crippen LogP contribution in [0.25, 0.3) is 0 Å². The molecule has 1 aliphatic heterocycles. The molecule has 0 bridgehead atoms. The van der Waals surface area contributed by atoms with Crippen LogP contribution in [0.3, 0.4) is 0 Å². The Bertz CT molecular complexity index is 418. The number of hydrogen-bond donors (Lipinski definition) is 1. The van der Waals surface area contributed by atoms with E-state index in [1.807, 2.05) is 12.1 Å². The summed E-state index contributed by atoms with van der Waals surface area (Å²) in [6.07, 6.45) is 3.74. The molecule has 0 amide bonds. The summed E-state index contributed by atoms with van der Waals surface area (Å²) in [6.45, 7) is 10.1. The van der Waals surface area contributed by atoms with Gasteiger partial charge in [-0.3, -0.25) is 0 Å². The predicted octanol–water partition coefficient (Wildman–Crippen LogP) is 3.99. The quantitative estimate of drug-likeness (QED) is 0.853. The van der Waals surface area contributed by atoms with Crippen molar-refractivity contribution in [2.45, 2.75) is 52.1 Å². The van der Waals surface area contributed by atoms with Crippen LogP contribution < -0.4 is 5.32 Å². The lowest BCUT2D eigenvalue weighted by atomic mass is 9.94. The van der Waals surface area contributed by atoms with E-state index in [9.17, 15) is 4.39 Å². The third-order valence-electron chi connectivity index (χ3n) is 4.67. The molecular formula is C18H29FN2. The van der Waals surface area contributed by atoms with Crippen LogP contribution >= 0.6 is 0 Å². The van der Waals surface area contributed by atoms with Crippen LogP contribution in [0.15, 0.2) is 24.3 Å². The Kier molecular flexibility index (Phi) is 6.19. The number of hydrogen-bond acceptors (Lipinski definition) is 2. The Morgan fingerprint density at radius 1 is 1.24 bits per heavy atom. The summed E-state index contributed by atoms with van der Waals surface area (Å²) in [5.41, 5.74) is 1.19. The molecule has 0 aromatic heterocycles. The first-order valence-corrected chi connectivity index (χ1v) is 8.33. The maximum absolute atomic E-state index is 13.1. The van der Waals surface area contributed by atoms with E-state index in [2.05, 4.69) is 31.0 Å². The zero-order chi connectivity index (χ0) is 15.2. The van der Waals surface area contributed by atoms with Crippen LogP contribution in [0, 0.1) is 11.7 Å². The second kappa shape index (κ2) is 7.90. The van der Waals surface area contributed by atoms with Crippen molar-refractivity contribution in [3.8, 4) is 0 Å². The fourth-order valence-electron chi connectivity index (χ4n) is 3.31. The fraction of sp³-hybridized carbons (Fsp3) is 0.667. The van der Waals surface area contributed by atoms with Gasteiger partial charge in [-0.1, -0.05) is 26.0 Å². The van der Waals surface area contributed by atoms with Crippen LogP contribution in [-0.2, 0) is 0 Å². The van der Waals surface area contributed by atoms with E-state index in [4.69, 9.17) is 0 Å². The first kappa shape index (κ1) is 16.4. The van der Waals surface area contributed by atoms with Gasteiger partial charge in [-0.25, -0.2) is 4.39 Å². The van der Waals surface area contributed by atoms with Crippen LogP contribution in [0.5, 0.6) is 0 Å². The highest BCUT2D eigenvalue weighted by Gasteiger charge is 2.23. The lowest BCUT2D eigenvalue weighted by Gasteiger charge is -2.37. The summed E-state index contributed by atoms with van der Waals surface area (Å²) in [5.74, 6) is 0.650. The molecule has 1 aromatic carbocycles. The number of nitrogens with one attached hydrogen (secondary N) is 1. The SMILES string of the molecule is CCNC(CCN1CC(C)CCC1C)c1ccc(F)cc1. The van der Waals surface area contributed by atoms with Gasteiger partial charge in [-0.05, 0) is 56.3 Å². The second-order valence-corrected chi connectivity index (χ2v) is 6.48. The number of rotatable bonds is 6. The number of piperidine rings is 1. The molecule has 3 atom stereocenters. The molecule has 2 rings (SSSR count). The fourth-order valence-corrected chi connectivity index (χ4v) is 3.31. The standard InChI is InChI=1S/C18H29FN2/c1-4-20-18(16-7-9-17(19)10-8-16)11-12-21-13-14(2)5-6-15(21)3/h7-10,14-15,18,20H,4-6,11-13H2,1-3H3. The number of likely N-dealkylation sites (tertiary alicyclic amines) is 1. The van der Waals surface area contributed by atoms with E-state index >= 15 is 0 Å². The van der Waals surface area contributed by atoms with Gasteiger partial charge in [0.05, 0.1) is 0 Å². The molecule has 3 unspecified atom stereocenters. The maximum Gasteiger partial charge on any atom is 0.123 e. The van der Waals surface area contributed by atoms with Gasteiger partial charge in [0.25, 0.3) is 0 Å². The Balaban J connectivity index is 1.94. The first-order chi connectivity index (χ1) is 10.1. The lowest BCUT2D eigenvalue weighted by Crippen LogP contribution is -2.42. The molecule has 2 nitrogen and oxygen atoms in total. The van der Waals surface area contributed by atoms with Gasteiger partial charge in [-0.2, -0.15) is 0 Å². The van der Waals surface area contributed by atoms with Crippen molar-refractivity contribution in [3.05, 3.63) is 35.6 Å². The monoisotopic (exact) mass is 292 g/mol. The van der Waals surface area contributed by atoms with Gasteiger partial charge in [0, 0.05) is 25.2 Å². The Hall–Kier alpha value is -0.930. The molecule has 1 N–H and O–H groups in total. The smallest absolute Gasteiger partial charge is 0.123 e. The van der Waals surface area contributed by atoms with E-state index in [-0.39, 0.29) is 5.82 Å². The zero-order valence-electron chi connectivity index (χ0n) is 13.6. The highest BCUT2D eigenvalue weighted by Crippen LogP contribution is 2.24. The number of nitrogens with zero attached hydrogens (tertiary/aromatic N) is 1. The summed E-state index contributed by atoms with van der Waals surface area (Å²) in [4.78, 5) is 2.61. The van der Waals surface area contributed by atoms with Crippen molar-refractivity contribution in [1.82, 2.24) is 10.2 Å². The molecule has 0 spiro atoms. The molecule has 3 heteroatoms. The minimum Gasteiger partial charge on any atom is -0.310 e. The molecule has 1 fully saturated rings. The third kappa shape index (κ3) is 4.79. The maximum atomic E-state index is 13.1. The van der Waals surface area contributed by atoms with E-state index in [1.54, 1.807) is 12.1 Å². The minimum absolute atomic E-state index is 0.160. The van der Waals surface area contributed by atoms with E-state index in [0.717, 1.165) is 25.4 Å². The van der Waals surface area contributed by atoms with Crippen molar-refractivity contribution >= 4 is 0 Å². The average Bonchev–Trinajstić information content (AvgIpc) is 2.48. The number of halogens is 1. The topological polar surface area (TPSA) is 15.3 Å². The average molecular weight is 292 g/mol. The molecule has 1 aliphatic rings. The third-order valence-corrected chi connectivity index (χ3v) is 4.67. The Morgan fingerprint density at radius 2 is 1.95 bits per heavy atom. The van der Waals surface area contributed by atoms with Crippen molar-refractivity contribution in [2.24, 2.45) is 5.92 Å². The molecule has 0 radical (unpaired) electrons. The van der Waals surface area contributed by atoms with Crippen LogP contribution in [0.2, 0.25) is 0 Å². The highest BCUT2D eigenvalue weighted by atomic mass is 19.1. The van der Waals surface area contributed by atoms with Crippen LogP contribution in [0.1, 0.15) is 51.6 Å². The van der Waals surface area contributed by atoms with Gasteiger partial charge in [-0.15, -0.1) is 0 Å². The number of benzene rings is 1. The summed E-state index contributed by atoms with van der Waals surface area (Å²) in [5, 5.41) is 3.53. The lowest BCUT2D eigenvalue weighted by molar-refractivity contribution is 0.119. The van der Waals surface area contributed by atoms with Gasteiger partial charge < -0.3 is 10.2 Å². The van der Waals surface area contributed by atoms with Gasteiger partial charge in [0.15, 0.2) is 0 Å². The first-order valence-electron chi connectivity index (χ1n) is 8.33. The summed E-state index contributed by atoms with van der Waals surface area (Å²) in [7, 11) is 0. The molecule has 118 valence electrons. The highest BCUT2D eigenvalue weighted by molar-refractivity contribution is 5.20. The normalized spacial score (nSPS) is 25.0. The summed E-state index contributed by atoms with van der Waals surface area (Å²) >= 11 is 0. The molecular weight excluding hydrogens is 263 g/mol. The Labute approximate surface area is 128 Å². The molecule has 0 saturated carbocycles. The van der Waals surface area contributed by atoms with Crippen LogP contribution in [0.4, 0.5) is 4.39 Å². The molecule has 0 aliphatic carbocycles. The Morgan fingerprint density at radius 3 is 2.62 bits per heavy atom. The van der Waals surface area contributed by atoms with Crippen molar-refractivity contribution in [1.29, 1.82) is 0 Å². The van der Waals surface area contributed by atoms with Crippen molar-refractivity contribution in [3.63, 3.8) is 0 Å². The molecule has 1 saturated heterocycles. The van der Waals surface area contributed by atoms with Crippen LogP contribution in [-0.4, -0.2) is 30.6 Å². The van der Waals surface area contributed by atoms with Gasteiger partial charge in [0.2, 0.25) is 0 Å². The second-order valence-electron chi connectivity index (χ2n) is 6.48. The minimum atomic E-state index is -0.160. The molecule has 1 heterocycles. The zero-order valence-corrected chi connectivity index (χ0v) is 13.6. The largest absolute Gasteiger partial charge is 0.310 e. The van der Waals surface area contributed by atoms with Gasteiger partial charge >= 0.3 is 0 Å². The van der Waals surface area contributed by atoms with E-state index < -0.39 is 0 Å². The summed E-state index contributed by atoms with van der Waals surface area (Å²) < 4.78 is 13.1. The van der Waals surface area contributed by atoms with Crippen molar-refractivity contribution in [2.75, 3.05) is 19.6 Å². The van der Waals surface area contributed by atoms with Gasteiger partial charge in [0.1, 0.15) is 5.82 Å². The molecule has 1 aromatic rings. The summed E-state index contributed by atoms with van der Waals surface area (Å²) in [6, 6.07) is 7.95. The van der Waals surface area contributed by atoms with E-state index in [1.165, 1.54) is 24.9 Å². The van der Waals surface area contributed by atoms with E-state index in [0.29, 0.717) is 12.1 Å². The molecule has 21 heavy (non-hydrogen) atoms.